The largest absolute Gasteiger partial charge is 0.478 e. The second-order valence-electron chi connectivity index (χ2n) is 4.15. The summed E-state index contributed by atoms with van der Waals surface area (Å²) in [6.07, 6.45) is 1.56. The number of benzene rings is 1. The van der Waals surface area contributed by atoms with Gasteiger partial charge in [-0.25, -0.2) is 9.78 Å². The summed E-state index contributed by atoms with van der Waals surface area (Å²) >= 11 is 0. The van der Waals surface area contributed by atoms with Crippen LogP contribution in [0.3, 0.4) is 0 Å². The zero-order valence-electron chi connectivity index (χ0n) is 10.8. The fourth-order valence-corrected chi connectivity index (χ4v) is 1.81. The summed E-state index contributed by atoms with van der Waals surface area (Å²) in [5, 5.41) is 8.86. The van der Waals surface area contributed by atoms with E-state index in [0.29, 0.717) is 17.1 Å². The number of carboxylic acids is 1. The molecular weight excluding hydrogens is 258 g/mol. The molecule has 1 heterocycles. The standard InChI is InChI=1S/C14H13N3O3/c1-17(10-6-4-9(5-7-10)14(19)20)13-11(12(15)18)3-2-8-16-13/h2-8H,1H3,(H2,15,18)(H,19,20). The minimum atomic E-state index is -0.991. The zero-order valence-corrected chi connectivity index (χ0v) is 10.8. The van der Waals surface area contributed by atoms with Crippen LogP contribution in [0.4, 0.5) is 11.5 Å². The number of rotatable bonds is 4. The van der Waals surface area contributed by atoms with Gasteiger partial charge in [-0.3, -0.25) is 4.79 Å². The van der Waals surface area contributed by atoms with E-state index in [9.17, 15) is 9.59 Å². The number of carboxylic acid groups (broad SMARTS) is 1. The molecule has 1 amide bonds. The van der Waals surface area contributed by atoms with Gasteiger partial charge in [0.1, 0.15) is 5.82 Å². The number of pyridine rings is 1. The normalized spacial score (nSPS) is 10.1. The van der Waals surface area contributed by atoms with E-state index in [1.54, 1.807) is 42.4 Å². The van der Waals surface area contributed by atoms with Gasteiger partial charge in [0, 0.05) is 18.9 Å². The van der Waals surface area contributed by atoms with Gasteiger partial charge >= 0.3 is 5.97 Å². The highest BCUT2D eigenvalue weighted by atomic mass is 16.4. The second-order valence-corrected chi connectivity index (χ2v) is 4.15. The minimum Gasteiger partial charge on any atom is -0.478 e. The van der Waals surface area contributed by atoms with Crippen molar-refractivity contribution in [2.75, 3.05) is 11.9 Å². The number of carbonyl (C=O) groups is 2. The molecule has 0 unspecified atom stereocenters. The van der Waals surface area contributed by atoms with Crippen molar-refractivity contribution in [3.05, 3.63) is 53.7 Å². The van der Waals surface area contributed by atoms with Crippen molar-refractivity contribution in [1.82, 2.24) is 4.98 Å². The van der Waals surface area contributed by atoms with Crippen LogP contribution in [-0.4, -0.2) is 29.0 Å². The highest BCUT2D eigenvalue weighted by Gasteiger charge is 2.14. The van der Waals surface area contributed by atoms with E-state index in [1.807, 2.05) is 0 Å². The number of amides is 1. The number of nitrogens with zero attached hydrogens (tertiary/aromatic N) is 2. The monoisotopic (exact) mass is 271 g/mol. The summed E-state index contributed by atoms with van der Waals surface area (Å²) in [4.78, 5) is 28.0. The summed E-state index contributed by atoms with van der Waals surface area (Å²) in [7, 11) is 1.73. The summed E-state index contributed by atoms with van der Waals surface area (Å²) in [5.41, 5.74) is 6.51. The van der Waals surface area contributed by atoms with Crippen molar-refractivity contribution in [3.63, 3.8) is 0 Å². The molecule has 2 rings (SSSR count). The lowest BCUT2D eigenvalue weighted by Crippen LogP contribution is -2.19. The van der Waals surface area contributed by atoms with Crippen LogP contribution >= 0.6 is 0 Å². The van der Waals surface area contributed by atoms with Crippen molar-refractivity contribution >= 4 is 23.4 Å². The molecular formula is C14H13N3O3. The van der Waals surface area contributed by atoms with Crippen LogP contribution < -0.4 is 10.6 Å². The Morgan fingerprint density at radius 2 is 1.85 bits per heavy atom. The maximum absolute atomic E-state index is 11.4. The summed E-state index contributed by atoms with van der Waals surface area (Å²) in [5.74, 6) is -1.14. The Kier molecular flexibility index (Phi) is 3.65. The molecule has 0 radical (unpaired) electrons. The number of anilines is 2. The van der Waals surface area contributed by atoms with Crippen LogP contribution in [0.15, 0.2) is 42.6 Å². The highest BCUT2D eigenvalue weighted by Crippen LogP contribution is 2.24. The molecule has 6 heteroatoms. The molecule has 0 aliphatic rings. The van der Waals surface area contributed by atoms with Crippen LogP contribution in [-0.2, 0) is 0 Å². The van der Waals surface area contributed by atoms with Gasteiger partial charge in [0.2, 0.25) is 0 Å². The Morgan fingerprint density at radius 1 is 1.20 bits per heavy atom. The summed E-state index contributed by atoms with van der Waals surface area (Å²) < 4.78 is 0. The maximum Gasteiger partial charge on any atom is 0.335 e. The van der Waals surface area contributed by atoms with E-state index < -0.39 is 11.9 Å². The van der Waals surface area contributed by atoms with E-state index in [0.717, 1.165) is 0 Å². The molecule has 0 fully saturated rings. The predicted octanol–water partition coefficient (Wildman–Crippen LogP) is 1.65. The number of nitrogens with two attached hydrogens (primary N) is 1. The SMILES string of the molecule is CN(c1ccc(C(=O)O)cc1)c1ncccc1C(N)=O. The lowest BCUT2D eigenvalue weighted by molar-refractivity contribution is 0.0696. The first-order chi connectivity index (χ1) is 9.50. The maximum atomic E-state index is 11.4. The first-order valence-electron chi connectivity index (χ1n) is 5.82. The third-order valence-electron chi connectivity index (χ3n) is 2.87. The highest BCUT2D eigenvalue weighted by molar-refractivity contribution is 5.98. The van der Waals surface area contributed by atoms with Crippen molar-refractivity contribution in [1.29, 1.82) is 0 Å². The van der Waals surface area contributed by atoms with E-state index in [-0.39, 0.29) is 5.56 Å². The molecule has 0 bridgehead atoms. The fourth-order valence-electron chi connectivity index (χ4n) is 1.81. The van der Waals surface area contributed by atoms with E-state index >= 15 is 0 Å². The average molecular weight is 271 g/mol. The van der Waals surface area contributed by atoms with Crippen molar-refractivity contribution in [3.8, 4) is 0 Å². The third-order valence-corrected chi connectivity index (χ3v) is 2.87. The number of primary amides is 1. The van der Waals surface area contributed by atoms with Crippen molar-refractivity contribution in [2.24, 2.45) is 5.73 Å². The molecule has 1 aromatic carbocycles. The Hall–Kier alpha value is -2.89. The molecule has 6 nitrogen and oxygen atoms in total. The Morgan fingerprint density at radius 3 is 2.40 bits per heavy atom. The van der Waals surface area contributed by atoms with E-state index in [1.165, 1.54) is 12.1 Å². The number of hydrogen-bond donors (Lipinski definition) is 2. The molecule has 0 spiro atoms. The molecule has 1 aromatic heterocycles. The molecule has 3 N–H and O–H groups in total. The van der Waals surface area contributed by atoms with Crippen LogP contribution in [0.1, 0.15) is 20.7 Å². The molecule has 0 saturated carbocycles. The predicted molar refractivity (Wildman–Crippen MR) is 74.2 cm³/mol. The topological polar surface area (TPSA) is 96.5 Å². The Bertz CT molecular complexity index is 653. The lowest BCUT2D eigenvalue weighted by atomic mass is 10.2. The van der Waals surface area contributed by atoms with E-state index in [2.05, 4.69) is 4.98 Å². The molecule has 0 aliphatic heterocycles. The van der Waals surface area contributed by atoms with Gasteiger partial charge in [0.15, 0.2) is 0 Å². The van der Waals surface area contributed by atoms with Gasteiger partial charge < -0.3 is 15.7 Å². The zero-order chi connectivity index (χ0) is 14.7. The Labute approximate surface area is 115 Å². The lowest BCUT2D eigenvalue weighted by Gasteiger charge is -2.20. The first kappa shape index (κ1) is 13.5. The number of aromatic carboxylic acids is 1. The number of hydrogen-bond acceptors (Lipinski definition) is 4. The molecule has 0 saturated heterocycles. The molecule has 0 atom stereocenters. The van der Waals surface area contributed by atoms with Crippen molar-refractivity contribution < 1.29 is 14.7 Å². The van der Waals surface area contributed by atoms with Crippen LogP contribution in [0.25, 0.3) is 0 Å². The van der Waals surface area contributed by atoms with Crippen molar-refractivity contribution in [2.45, 2.75) is 0 Å². The van der Waals surface area contributed by atoms with Gasteiger partial charge in [0.25, 0.3) is 5.91 Å². The first-order valence-corrected chi connectivity index (χ1v) is 5.82. The van der Waals surface area contributed by atoms with Gasteiger partial charge in [0.05, 0.1) is 11.1 Å². The Balaban J connectivity index is 2.38. The number of carbonyl (C=O) groups excluding carboxylic acids is 1. The van der Waals surface area contributed by atoms with Gasteiger partial charge in [-0.15, -0.1) is 0 Å². The molecule has 2 aromatic rings. The summed E-state index contributed by atoms with van der Waals surface area (Å²) in [6, 6.07) is 9.48. The molecule has 20 heavy (non-hydrogen) atoms. The fraction of sp³-hybridized carbons (Fsp3) is 0.0714. The number of aromatic nitrogens is 1. The second kappa shape index (κ2) is 5.40. The van der Waals surface area contributed by atoms with Crippen LogP contribution in [0, 0.1) is 0 Å². The molecule has 0 aliphatic carbocycles. The van der Waals surface area contributed by atoms with Gasteiger partial charge in [-0.2, -0.15) is 0 Å². The van der Waals surface area contributed by atoms with Crippen LogP contribution in [0.2, 0.25) is 0 Å². The third kappa shape index (κ3) is 2.59. The van der Waals surface area contributed by atoms with Crippen LogP contribution in [0.5, 0.6) is 0 Å². The minimum absolute atomic E-state index is 0.193. The summed E-state index contributed by atoms with van der Waals surface area (Å²) in [6.45, 7) is 0. The van der Waals surface area contributed by atoms with Gasteiger partial charge in [-0.1, -0.05) is 0 Å². The van der Waals surface area contributed by atoms with E-state index in [4.69, 9.17) is 10.8 Å². The average Bonchev–Trinajstić information content (AvgIpc) is 2.46. The van der Waals surface area contributed by atoms with Gasteiger partial charge in [-0.05, 0) is 36.4 Å². The quantitative estimate of drug-likeness (QED) is 0.881. The molecule has 102 valence electrons. The smallest absolute Gasteiger partial charge is 0.335 e.